The molecule has 6 nitrogen and oxygen atoms in total. The monoisotopic (exact) mass is 428 g/mol. The van der Waals surface area contributed by atoms with Crippen LogP contribution >= 0.6 is 12.4 Å². The summed E-state index contributed by atoms with van der Waals surface area (Å²) in [6.45, 7) is 2.71. The van der Waals surface area contributed by atoms with E-state index < -0.39 is 11.5 Å². The van der Waals surface area contributed by atoms with Crippen molar-refractivity contribution in [2.45, 2.75) is 31.4 Å². The average molecular weight is 429 g/mol. The number of hydrogen-bond donors (Lipinski definition) is 2. The Labute approximate surface area is 181 Å². The van der Waals surface area contributed by atoms with E-state index in [1.54, 1.807) is 29.8 Å². The lowest BCUT2D eigenvalue weighted by atomic mass is 9.82. The zero-order valence-electron chi connectivity index (χ0n) is 16.5. The summed E-state index contributed by atoms with van der Waals surface area (Å²) in [6, 6.07) is 15.7. The van der Waals surface area contributed by atoms with Crippen molar-refractivity contribution in [2.75, 3.05) is 13.1 Å². The van der Waals surface area contributed by atoms with Gasteiger partial charge >= 0.3 is 0 Å². The Morgan fingerprint density at radius 1 is 1.17 bits per heavy atom. The molecule has 0 radical (unpaired) electrons. The van der Waals surface area contributed by atoms with E-state index in [1.165, 1.54) is 11.6 Å². The molecule has 30 heavy (non-hydrogen) atoms. The first-order chi connectivity index (χ1) is 14.1. The Morgan fingerprint density at radius 3 is 2.60 bits per heavy atom. The van der Waals surface area contributed by atoms with Gasteiger partial charge in [-0.25, -0.2) is 5.48 Å². The molecule has 2 aliphatic heterocycles. The van der Waals surface area contributed by atoms with Crippen molar-refractivity contribution in [1.29, 1.82) is 0 Å². The summed E-state index contributed by atoms with van der Waals surface area (Å²) in [5, 5.41) is 8.56. The van der Waals surface area contributed by atoms with Crippen LogP contribution in [0, 0.1) is 0 Å². The summed E-state index contributed by atoms with van der Waals surface area (Å²) in [7, 11) is 0. The van der Waals surface area contributed by atoms with Gasteiger partial charge in [0, 0.05) is 38.6 Å². The number of nitrogens with one attached hydrogen (secondary N) is 1. The molecule has 158 valence electrons. The summed E-state index contributed by atoms with van der Waals surface area (Å²) in [6.07, 6.45) is 4.78. The Hall–Kier alpha value is -2.67. The largest absolute Gasteiger partial charge is 0.486 e. The second kappa shape index (κ2) is 9.43. The van der Waals surface area contributed by atoms with Crippen LogP contribution in [-0.4, -0.2) is 40.5 Å². The predicted octanol–water partition coefficient (Wildman–Crippen LogP) is 3.63. The van der Waals surface area contributed by atoms with Crippen LogP contribution in [0.2, 0.25) is 0 Å². The minimum atomic E-state index is -0.619. The fourth-order valence-corrected chi connectivity index (χ4v) is 4.06. The van der Waals surface area contributed by atoms with Crippen LogP contribution in [0.25, 0.3) is 6.08 Å². The smallest absolute Gasteiger partial charge is 0.267 e. The van der Waals surface area contributed by atoms with Crippen molar-refractivity contribution in [3.8, 4) is 5.75 Å². The maximum Gasteiger partial charge on any atom is 0.267 e. The highest BCUT2D eigenvalue weighted by atomic mass is 35.5. The van der Waals surface area contributed by atoms with Gasteiger partial charge in [0.15, 0.2) is 5.78 Å². The lowest BCUT2D eigenvalue weighted by Gasteiger charge is -2.44. The van der Waals surface area contributed by atoms with E-state index in [0.29, 0.717) is 23.3 Å². The van der Waals surface area contributed by atoms with Crippen LogP contribution in [0.15, 0.2) is 54.6 Å². The highest BCUT2D eigenvalue weighted by Gasteiger charge is 2.42. The van der Waals surface area contributed by atoms with Crippen LogP contribution in [-0.2, 0) is 11.3 Å². The van der Waals surface area contributed by atoms with Gasteiger partial charge in [-0.3, -0.25) is 19.7 Å². The quantitative estimate of drug-likeness (QED) is 0.441. The molecule has 1 spiro atoms. The first-order valence-corrected chi connectivity index (χ1v) is 9.82. The number of carbonyl (C=O) groups is 2. The lowest BCUT2D eigenvalue weighted by Crippen LogP contribution is -2.50. The van der Waals surface area contributed by atoms with Crippen molar-refractivity contribution < 1.29 is 19.5 Å². The molecule has 1 amide bonds. The third kappa shape index (κ3) is 4.90. The molecule has 4 rings (SSSR count). The number of halogens is 1. The van der Waals surface area contributed by atoms with Gasteiger partial charge in [-0.15, -0.1) is 12.4 Å². The fourth-order valence-electron chi connectivity index (χ4n) is 4.06. The molecule has 0 saturated carbocycles. The normalized spacial score (nSPS) is 17.8. The number of ether oxygens (including phenoxy) is 1. The maximum atomic E-state index is 12.8. The van der Waals surface area contributed by atoms with Crippen LogP contribution in [0.3, 0.4) is 0 Å². The van der Waals surface area contributed by atoms with E-state index in [4.69, 9.17) is 9.94 Å². The number of nitrogens with zero attached hydrogens (tertiary/aromatic N) is 1. The molecule has 0 aromatic heterocycles. The van der Waals surface area contributed by atoms with Gasteiger partial charge in [-0.05, 0) is 29.3 Å². The number of Topliss-reactive ketones (excluding diaryl/α,β-unsaturated/α-hetero) is 1. The number of likely N-dealkylation sites (tertiary alicyclic amines) is 1. The molecule has 2 heterocycles. The Balaban J connectivity index is 0.00000256. The molecule has 2 aliphatic rings. The molecule has 0 unspecified atom stereocenters. The second-order valence-corrected chi connectivity index (χ2v) is 7.71. The number of rotatable bonds is 4. The minimum absolute atomic E-state index is 0. The van der Waals surface area contributed by atoms with Crippen molar-refractivity contribution >= 4 is 30.2 Å². The Morgan fingerprint density at radius 2 is 1.90 bits per heavy atom. The number of hydrogen-bond acceptors (Lipinski definition) is 5. The molecule has 0 bridgehead atoms. The lowest BCUT2D eigenvalue weighted by molar-refractivity contribution is -0.124. The van der Waals surface area contributed by atoms with E-state index in [9.17, 15) is 9.59 Å². The van der Waals surface area contributed by atoms with Gasteiger partial charge in [0.25, 0.3) is 5.91 Å². The van der Waals surface area contributed by atoms with Gasteiger partial charge in [-0.2, -0.15) is 0 Å². The standard InChI is InChI=1S/C23H24N2O4.ClH/c26-20-15-23(10-12-25(13-11-23)16-18-4-2-1-3-5-18)29-21-8-6-17(14-19(20)21)7-9-22(27)24-28;/h1-9,14,28H,10-13,15-16H2,(H,24,27);1H/b9-7+;. The maximum absolute atomic E-state index is 12.8. The molecule has 2 N–H and O–H groups in total. The molecule has 1 fully saturated rings. The highest BCUT2D eigenvalue weighted by molar-refractivity contribution is 6.01. The zero-order chi connectivity index (χ0) is 20.3. The van der Waals surface area contributed by atoms with Gasteiger partial charge in [0.05, 0.1) is 12.0 Å². The number of piperidine rings is 1. The number of carbonyl (C=O) groups excluding carboxylic acids is 2. The van der Waals surface area contributed by atoms with Crippen LogP contribution < -0.4 is 10.2 Å². The first-order valence-electron chi connectivity index (χ1n) is 9.82. The molecule has 2 aromatic carbocycles. The van der Waals surface area contributed by atoms with E-state index >= 15 is 0 Å². The summed E-state index contributed by atoms with van der Waals surface area (Å²) < 4.78 is 6.34. The van der Waals surface area contributed by atoms with Gasteiger partial charge in [-0.1, -0.05) is 36.4 Å². The van der Waals surface area contributed by atoms with Crippen molar-refractivity contribution in [3.63, 3.8) is 0 Å². The van der Waals surface area contributed by atoms with E-state index in [0.717, 1.165) is 32.5 Å². The van der Waals surface area contributed by atoms with Gasteiger partial charge < -0.3 is 4.74 Å². The number of benzene rings is 2. The third-order valence-corrected chi connectivity index (χ3v) is 5.67. The predicted molar refractivity (Wildman–Crippen MR) is 116 cm³/mol. The molecule has 0 aliphatic carbocycles. The molecule has 0 atom stereocenters. The number of fused-ring (bicyclic) bond motifs is 1. The molecular formula is C23H25ClN2O4. The van der Waals surface area contributed by atoms with E-state index in [2.05, 4.69) is 29.2 Å². The molecule has 2 aromatic rings. The first kappa shape index (κ1) is 22.0. The third-order valence-electron chi connectivity index (χ3n) is 5.67. The topological polar surface area (TPSA) is 78.9 Å². The Bertz CT molecular complexity index is 937. The SMILES string of the molecule is Cl.O=C(/C=C/c1ccc2c(c1)C(=O)CC1(CCN(Cc3ccccc3)CC1)O2)NO. The average Bonchev–Trinajstić information content (AvgIpc) is 2.75. The second-order valence-electron chi connectivity index (χ2n) is 7.71. The van der Waals surface area contributed by atoms with E-state index in [-0.39, 0.29) is 18.2 Å². The van der Waals surface area contributed by atoms with Crippen molar-refractivity contribution in [3.05, 3.63) is 71.3 Å². The highest BCUT2D eigenvalue weighted by Crippen LogP contribution is 2.40. The summed E-state index contributed by atoms with van der Waals surface area (Å²) in [5.41, 5.74) is 3.67. The zero-order valence-corrected chi connectivity index (χ0v) is 17.4. The number of amides is 1. The van der Waals surface area contributed by atoms with Crippen LogP contribution in [0.1, 0.15) is 40.7 Å². The molecule has 1 saturated heterocycles. The van der Waals surface area contributed by atoms with Crippen LogP contribution in [0.4, 0.5) is 0 Å². The van der Waals surface area contributed by atoms with Crippen LogP contribution in [0.5, 0.6) is 5.75 Å². The van der Waals surface area contributed by atoms with E-state index in [1.807, 2.05) is 6.07 Å². The Kier molecular flexibility index (Phi) is 6.92. The summed E-state index contributed by atoms with van der Waals surface area (Å²) in [4.78, 5) is 26.4. The van der Waals surface area contributed by atoms with Gasteiger partial charge in [0.1, 0.15) is 11.4 Å². The molecular weight excluding hydrogens is 404 g/mol. The summed E-state index contributed by atoms with van der Waals surface area (Å²) in [5.74, 6) is 0.0673. The molecule has 7 heteroatoms. The van der Waals surface area contributed by atoms with Gasteiger partial charge in [0.2, 0.25) is 0 Å². The fraction of sp³-hybridized carbons (Fsp3) is 0.304. The number of hydroxylamine groups is 1. The van der Waals surface area contributed by atoms with Crippen molar-refractivity contribution in [1.82, 2.24) is 10.4 Å². The number of ketones is 1. The minimum Gasteiger partial charge on any atom is -0.486 e. The summed E-state index contributed by atoms with van der Waals surface area (Å²) >= 11 is 0. The van der Waals surface area contributed by atoms with Crippen molar-refractivity contribution in [2.24, 2.45) is 0 Å².